The van der Waals surface area contributed by atoms with Crippen molar-refractivity contribution in [2.24, 2.45) is 0 Å². The zero-order valence-corrected chi connectivity index (χ0v) is 16.8. The lowest BCUT2D eigenvalue weighted by Crippen LogP contribution is -2.20. The summed E-state index contributed by atoms with van der Waals surface area (Å²) in [7, 11) is -4.67. The summed E-state index contributed by atoms with van der Waals surface area (Å²) in [5.41, 5.74) is 0.946. The predicted octanol–water partition coefficient (Wildman–Crippen LogP) is 1.37. The van der Waals surface area contributed by atoms with Crippen LogP contribution in [0.3, 0.4) is 0 Å². The summed E-state index contributed by atoms with van der Waals surface area (Å²) in [6, 6.07) is 0. The molecule has 0 aromatic carbocycles. The summed E-state index contributed by atoms with van der Waals surface area (Å²) >= 11 is 0. The van der Waals surface area contributed by atoms with Crippen LogP contribution in [0, 0.1) is 0 Å². The Bertz CT molecular complexity index is 962. The molecule has 1 heterocycles. The van der Waals surface area contributed by atoms with Crippen molar-refractivity contribution < 1.29 is 31.9 Å². The Hall–Kier alpha value is -3.42. The first-order chi connectivity index (χ1) is 13.1. The van der Waals surface area contributed by atoms with E-state index in [1.54, 1.807) is 0 Å². The van der Waals surface area contributed by atoms with Gasteiger partial charge in [-0.05, 0) is 20.8 Å². The van der Waals surface area contributed by atoms with E-state index < -0.39 is 28.1 Å². The first-order valence-corrected chi connectivity index (χ1v) is 8.99. The molecule has 0 saturated carbocycles. The van der Waals surface area contributed by atoms with E-state index in [-0.39, 0.29) is 34.2 Å². The van der Waals surface area contributed by atoms with E-state index in [1.807, 2.05) is 0 Å². The molecule has 0 atom stereocenters. The van der Waals surface area contributed by atoms with Crippen LogP contribution in [0.4, 0.5) is 17.5 Å². The van der Waals surface area contributed by atoms with Gasteiger partial charge in [0.1, 0.15) is 5.69 Å². The van der Waals surface area contributed by atoms with Gasteiger partial charge in [-0.2, -0.15) is 13.4 Å². The molecule has 3 amide bonds. The minimum Gasteiger partial charge on any atom is -0.318 e. The molecule has 0 aliphatic rings. The maximum atomic E-state index is 11.8. The molecular formula is C16H21N5O7S. The smallest absolute Gasteiger partial charge is 0.318 e. The van der Waals surface area contributed by atoms with Crippen molar-refractivity contribution in [1.82, 2.24) is 9.97 Å². The van der Waals surface area contributed by atoms with Crippen LogP contribution in [0.5, 0.6) is 0 Å². The number of carbonyl (C=O) groups is 3. The first-order valence-electron chi connectivity index (χ1n) is 7.59. The highest BCUT2D eigenvalue weighted by Crippen LogP contribution is 2.21. The van der Waals surface area contributed by atoms with Gasteiger partial charge >= 0.3 is 10.4 Å². The average molecular weight is 427 g/mol. The molecule has 158 valence electrons. The fourth-order valence-corrected chi connectivity index (χ4v) is 1.28. The Morgan fingerprint density at radius 1 is 0.862 bits per heavy atom. The maximum Gasteiger partial charge on any atom is 0.394 e. The van der Waals surface area contributed by atoms with Gasteiger partial charge in [0.25, 0.3) is 17.7 Å². The van der Waals surface area contributed by atoms with Gasteiger partial charge in [-0.1, -0.05) is 19.7 Å². The van der Waals surface area contributed by atoms with Crippen LogP contribution in [0.25, 0.3) is 0 Å². The highest BCUT2D eigenvalue weighted by molar-refractivity contribution is 7.79. The van der Waals surface area contributed by atoms with Gasteiger partial charge in [0, 0.05) is 16.7 Å². The molecule has 0 spiro atoms. The largest absolute Gasteiger partial charge is 0.394 e. The van der Waals surface area contributed by atoms with E-state index >= 15 is 0 Å². The third-order valence-corrected chi connectivity index (χ3v) is 2.66. The molecule has 5 N–H and O–H groups in total. The van der Waals surface area contributed by atoms with Crippen molar-refractivity contribution in [3.63, 3.8) is 0 Å². The van der Waals surface area contributed by atoms with Crippen molar-refractivity contribution in [2.45, 2.75) is 20.8 Å². The summed E-state index contributed by atoms with van der Waals surface area (Å²) in [5, 5.41) is 7.43. The highest BCUT2D eigenvalue weighted by Gasteiger charge is 2.15. The highest BCUT2D eigenvalue weighted by atomic mass is 32.3. The van der Waals surface area contributed by atoms with Gasteiger partial charge in [0.05, 0.1) is 6.20 Å². The number of rotatable bonds is 6. The van der Waals surface area contributed by atoms with Gasteiger partial charge in [-0.25, -0.2) is 4.98 Å². The molecule has 1 aromatic rings. The Morgan fingerprint density at radius 3 is 1.66 bits per heavy atom. The zero-order valence-electron chi connectivity index (χ0n) is 15.9. The monoisotopic (exact) mass is 427 g/mol. The van der Waals surface area contributed by atoms with E-state index in [9.17, 15) is 14.4 Å². The third-order valence-electron chi connectivity index (χ3n) is 2.66. The summed E-state index contributed by atoms with van der Waals surface area (Å²) < 4.78 is 31.6. The van der Waals surface area contributed by atoms with Crippen LogP contribution in [0.15, 0.2) is 42.7 Å². The Kier molecular flexibility index (Phi) is 9.52. The molecule has 1 aromatic heterocycles. The predicted molar refractivity (Wildman–Crippen MR) is 107 cm³/mol. The van der Waals surface area contributed by atoms with Crippen LogP contribution >= 0.6 is 0 Å². The molecule has 29 heavy (non-hydrogen) atoms. The molecule has 1 rings (SSSR count). The normalized spacial score (nSPS) is 9.97. The van der Waals surface area contributed by atoms with Crippen LogP contribution in [0.2, 0.25) is 0 Å². The Labute approximate surface area is 167 Å². The van der Waals surface area contributed by atoms with Gasteiger partial charge in [0.2, 0.25) is 5.95 Å². The lowest BCUT2D eigenvalue weighted by atomic mass is 10.3. The average Bonchev–Trinajstić information content (AvgIpc) is 2.55. The third kappa shape index (κ3) is 11.1. The van der Waals surface area contributed by atoms with Crippen molar-refractivity contribution in [3.05, 3.63) is 42.7 Å². The molecule has 0 saturated heterocycles. The number of amides is 3. The number of hydrogen-bond donors (Lipinski definition) is 5. The van der Waals surface area contributed by atoms with E-state index in [0.717, 1.165) is 0 Å². The van der Waals surface area contributed by atoms with E-state index in [0.29, 0.717) is 0 Å². The van der Waals surface area contributed by atoms with Gasteiger partial charge in [0.15, 0.2) is 5.82 Å². The molecule has 0 radical (unpaired) electrons. The Morgan fingerprint density at radius 2 is 1.24 bits per heavy atom. The first kappa shape index (κ1) is 25.6. The number of nitrogens with zero attached hydrogens (tertiary/aromatic N) is 2. The molecule has 0 fully saturated rings. The van der Waals surface area contributed by atoms with Crippen LogP contribution in [-0.4, -0.2) is 45.2 Å². The SMILES string of the molecule is C=C(C)C(=O)Nc1ncc(NC(=O)C(=C)C)c(NC(=O)C(=C)C)n1.O=S(=O)(O)O. The molecule has 13 heteroatoms. The maximum absolute atomic E-state index is 11.8. The van der Waals surface area contributed by atoms with Gasteiger partial charge < -0.3 is 10.6 Å². The topological polar surface area (TPSA) is 188 Å². The second-order valence-electron chi connectivity index (χ2n) is 5.61. The number of hydrogen-bond acceptors (Lipinski definition) is 7. The summed E-state index contributed by atoms with van der Waals surface area (Å²) in [5.74, 6) is -1.44. The van der Waals surface area contributed by atoms with Crippen molar-refractivity contribution in [3.8, 4) is 0 Å². The standard InChI is InChI=1S/C16H19N5O3.H2O4S/c1-8(2)13(22)18-11-7-17-16(21-15(24)10(5)6)20-12(11)19-14(23)9(3)4;1-5(2,3)4/h7H,1,3,5H2,2,4,6H3,(H,18,22)(H2,17,19,20,21,23,24);(H2,1,2,3,4). The van der Waals surface area contributed by atoms with Gasteiger partial charge in [-0.3, -0.25) is 28.8 Å². The van der Waals surface area contributed by atoms with E-state index in [2.05, 4.69) is 45.7 Å². The minimum atomic E-state index is -4.67. The molecular weight excluding hydrogens is 406 g/mol. The molecule has 0 aliphatic carbocycles. The minimum absolute atomic E-state index is 0.0182. The van der Waals surface area contributed by atoms with Crippen LogP contribution < -0.4 is 16.0 Å². The van der Waals surface area contributed by atoms with E-state index in [4.69, 9.17) is 17.5 Å². The van der Waals surface area contributed by atoms with Gasteiger partial charge in [-0.15, -0.1) is 0 Å². The fraction of sp³-hybridized carbons (Fsp3) is 0.188. The Balaban J connectivity index is 0.00000139. The van der Waals surface area contributed by atoms with Crippen molar-refractivity contribution in [1.29, 1.82) is 0 Å². The van der Waals surface area contributed by atoms with Crippen LogP contribution in [-0.2, 0) is 24.8 Å². The molecule has 12 nitrogen and oxygen atoms in total. The number of nitrogens with one attached hydrogen (secondary N) is 3. The summed E-state index contributed by atoms with van der Waals surface area (Å²) in [6.07, 6.45) is 1.26. The number of carbonyl (C=O) groups excluding carboxylic acids is 3. The van der Waals surface area contributed by atoms with Crippen LogP contribution in [0.1, 0.15) is 20.8 Å². The zero-order chi connectivity index (χ0) is 22.9. The molecule has 0 aliphatic heterocycles. The van der Waals surface area contributed by atoms with E-state index in [1.165, 1.54) is 27.0 Å². The lowest BCUT2D eigenvalue weighted by molar-refractivity contribution is -0.113. The number of anilines is 3. The second kappa shape index (κ2) is 10.8. The van der Waals surface area contributed by atoms with Crippen molar-refractivity contribution in [2.75, 3.05) is 16.0 Å². The number of aromatic nitrogens is 2. The molecule has 0 bridgehead atoms. The second-order valence-corrected chi connectivity index (χ2v) is 6.50. The van der Waals surface area contributed by atoms with Crippen molar-refractivity contribution >= 4 is 45.6 Å². The lowest BCUT2D eigenvalue weighted by Gasteiger charge is -2.12. The summed E-state index contributed by atoms with van der Waals surface area (Å²) in [4.78, 5) is 43.2. The summed E-state index contributed by atoms with van der Waals surface area (Å²) in [6.45, 7) is 15.1. The fourth-order valence-electron chi connectivity index (χ4n) is 1.28. The molecule has 0 unspecified atom stereocenters. The quantitative estimate of drug-likeness (QED) is 0.330.